The number of halogens is 1. The highest BCUT2D eigenvalue weighted by molar-refractivity contribution is 5.85. The van der Waals surface area contributed by atoms with E-state index in [9.17, 15) is 0 Å². The van der Waals surface area contributed by atoms with Gasteiger partial charge in [0.25, 0.3) is 0 Å². The molecule has 0 aromatic heterocycles. The van der Waals surface area contributed by atoms with Gasteiger partial charge in [0.15, 0.2) is 0 Å². The highest BCUT2D eigenvalue weighted by Gasteiger charge is 2.14. The van der Waals surface area contributed by atoms with Gasteiger partial charge in [-0.1, -0.05) is 30.7 Å². The van der Waals surface area contributed by atoms with Gasteiger partial charge in [0.1, 0.15) is 0 Å². The Morgan fingerprint density at radius 3 is 2.87 bits per heavy atom. The fourth-order valence-corrected chi connectivity index (χ4v) is 2.04. The van der Waals surface area contributed by atoms with Crippen LogP contribution in [0.15, 0.2) is 24.3 Å². The number of rotatable bonds is 2. The van der Waals surface area contributed by atoms with Gasteiger partial charge in [-0.15, -0.1) is 12.4 Å². The normalized spacial score (nSPS) is 20.7. The number of nitrogens with one attached hydrogen (secondary N) is 1. The molecule has 1 aromatic carbocycles. The second-order valence-corrected chi connectivity index (χ2v) is 3.91. The molecule has 0 saturated carbocycles. The van der Waals surface area contributed by atoms with Crippen LogP contribution in [0.3, 0.4) is 0 Å². The molecule has 0 bridgehead atoms. The maximum absolute atomic E-state index is 9.04. The molecule has 1 unspecified atom stereocenters. The fourth-order valence-electron chi connectivity index (χ4n) is 2.04. The zero-order valence-electron chi connectivity index (χ0n) is 8.78. The average Bonchev–Trinajstić information content (AvgIpc) is 2.30. The van der Waals surface area contributed by atoms with E-state index in [2.05, 4.69) is 17.4 Å². The van der Waals surface area contributed by atoms with Crippen LogP contribution in [0.1, 0.15) is 36.4 Å². The number of benzene rings is 1. The van der Waals surface area contributed by atoms with E-state index in [1.54, 1.807) is 0 Å². The summed E-state index contributed by atoms with van der Waals surface area (Å²) in [5.41, 5.74) is 2.33. The molecular weight excluding hydrogens is 210 g/mol. The van der Waals surface area contributed by atoms with E-state index in [0.717, 1.165) is 12.1 Å². The van der Waals surface area contributed by atoms with Crippen molar-refractivity contribution in [3.63, 3.8) is 0 Å². The van der Waals surface area contributed by atoms with Crippen LogP contribution in [-0.4, -0.2) is 11.7 Å². The lowest BCUT2D eigenvalue weighted by atomic mass is 9.96. The van der Waals surface area contributed by atoms with Crippen molar-refractivity contribution in [2.75, 3.05) is 6.54 Å². The third-order valence-electron chi connectivity index (χ3n) is 2.85. The van der Waals surface area contributed by atoms with Crippen molar-refractivity contribution < 1.29 is 5.11 Å². The standard InChI is InChI=1S/C12H17NO.ClH/c14-9-10-4-3-5-11(8-10)12-6-1-2-7-13-12;/h3-5,8,12-14H,1-2,6-7,9H2;1H. The van der Waals surface area contributed by atoms with Crippen molar-refractivity contribution in [3.05, 3.63) is 35.4 Å². The Morgan fingerprint density at radius 1 is 1.33 bits per heavy atom. The van der Waals surface area contributed by atoms with Gasteiger partial charge < -0.3 is 10.4 Å². The van der Waals surface area contributed by atoms with Gasteiger partial charge in [0, 0.05) is 6.04 Å². The summed E-state index contributed by atoms with van der Waals surface area (Å²) < 4.78 is 0. The summed E-state index contributed by atoms with van der Waals surface area (Å²) in [5.74, 6) is 0. The van der Waals surface area contributed by atoms with Gasteiger partial charge in [0.05, 0.1) is 6.61 Å². The molecule has 2 nitrogen and oxygen atoms in total. The summed E-state index contributed by atoms with van der Waals surface area (Å²) in [6, 6.07) is 8.73. The Morgan fingerprint density at radius 2 is 2.20 bits per heavy atom. The molecule has 15 heavy (non-hydrogen) atoms. The van der Waals surface area contributed by atoms with Crippen molar-refractivity contribution >= 4 is 12.4 Å². The van der Waals surface area contributed by atoms with Crippen LogP contribution in [0.4, 0.5) is 0 Å². The summed E-state index contributed by atoms with van der Waals surface area (Å²) in [6.45, 7) is 1.26. The van der Waals surface area contributed by atoms with E-state index in [-0.39, 0.29) is 19.0 Å². The Labute approximate surface area is 97.1 Å². The van der Waals surface area contributed by atoms with Crippen molar-refractivity contribution in [1.82, 2.24) is 5.32 Å². The quantitative estimate of drug-likeness (QED) is 0.814. The monoisotopic (exact) mass is 227 g/mol. The molecule has 2 rings (SSSR count). The summed E-state index contributed by atoms with van der Waals surface area (Å²) in [5, 5.41) is 12.5. The zero-order chi connectivity index (χ0) is 9.80. The molecule has 1 fully saturated rings. The van der Waals surface area contributed by atoms with E-state index >= 15 is 0 Å². The molecule has 1 heterocycles. The third-order valence-corrected chi connectivity index (χ3v) is 2.85. The van der Waals surface area contributed by atoms with Crippen LogP contribution in [0, 0.1) is 0 Å². The van der Waals surface area contributed by atoms with Crippen LogP contribution in [-0.2, 0) is 6.61 Å². The van der Waals surface area contributed by atoms with Gasteiger partial charge in [-0.05, 0) is 30.5 Å². The van der Waals surface area contributed by atoms with E-state index in [1.807, 2.05) is 12.1 Å². The highest BCUT2D eigenvalue weighted by Crippen LogP contribution is 2.23. The summed E-state index contributed by atoms with van der Waals surface area (Å²) in [7, 11) is 0. The fraction of sp³-hybridized carbons (Fsp3) is 0.500. The first kappa shape index (κ1) is 12.5. The van der Waals surface area contributed by atoms with E-state index in [4.69, 9.17) is 5.11 Å². The van der Waals surface area contributed by atoms with E-state index in [1.165, 1.54) is 24.8 Å². The molecule has 84 valence electrons. The molecule has 0 aliphatic carbocycles. The SMILES string of the molecule is Cl.OCc1cccc(C2CCCCN2)c1. The minimum Gasteiger partial charge on any atom is -0.392 e. The molecule has 1 aliphatic rings. The Kier molecular flexibility index (Phi) is 5.09. The van der Waals surface area contributed by atoms with Crippen molar-refractivity contribution in [1.29, 1.82) is 0 Å². The van der Waals surface area contributed by atoms with Gasteiger partial charge in [0.2, 0.25) is 0 Å². The van der Waals surface area contributed by atoms with Gasteiger partial charge >= 0.3 is 0 Å². The first-order valence-electron chi connectivity index (χ1n) is 5.33. The van der Waals surface area contributed by atoms with Crippen LogP contribution in [0.2, 0.25) is 0 Å². The third kappa shape index (κ3) is 3.20. The lowest BCUT2D eigenvalue weighted by molar-refractivity contribution is 0.281. The largest absolute Gasteiger partial charge is 0.392 e. The predicted octanol–water partition coefficient (Wildman–Crippen LogP) is 2.42. The average molecular weight is 228 g/mol. The van der Waals surface area contributed by atoms with Crippen molar-refractivity contribution in [3.8, 4) is 0 Å². The topological polar surface area (TPSA) is 32.3 Å². The Balaban J connectivity index is 0.00000112. The smallest absolute Gasteiger partial charge is 0.0681 e. The lowest BCUT2D eigenvalue weighted by Gasteiger charge is -2.24. The predicted molar refractivity (Wildman–Crippen MR) is 64.2 cm³/mol. The molecule has 3 heteroatoms. The van der Waals surface area contributed by atoms with Crippen molar-refractivity contribution in [2.45, 2.75) is 31.9 Å². The molecule has 1 saturated heterocycles. The lowest BCUT2D eigenvalue weighted by Crippen LogP contribution is -2.26. The number of aliphatic hydroxyl groups is 1. The summed E-state index contributed by atoms with van der Waals surface area (Å²) in [4.78, 5) is 0. The van der Waals surface area contributed by atoms with Crippen LogP contribution < -0.4 is 5.32 Å². The van der Waals surface area contributed by atoms with Crippen LogP contribution in [0.5, 0.6) is 0 Å². The summed E-state index contributed by atoms with van der Waals surface area (Å²) in [6.07, 6.45) is 3.81. The van der Waals surface area contributed by atoms with Gasteiger partial charge in [-0.25, -0.2) is 0 Å². The van der Waals surface area contributed by atoms with Crippen LogP contribution in [0.25, 0.3) is 0 Å². The first-order valence-corrected chi connectivity index (χ1v) is 5.33. The number of piperidine rings is 1. The maximum Gasteiger partial charge on any atom is 0.0681 e. The second-order valence-electron chi connectivity index (χ2n) is 3.91. The maximum atomic E-state index is 9.04. The van der Waals surface area contributed by atoms with Crippen molar-refractivity contribution in [2.24, 2.45) is 0 Å². The molecule has 2 N–H and O–H groups in total. The minimum atomic E-state index is 0. The summed E-state index contributed by atoms with van der Waals surface area (Å²) >= 11 is 0. The second kappa shape index (κ2) is 6.11. The van der Waals surface area contributed by atoms with Gasteiger partial charge in [-0.3, -0.25) is 0 Å². The highest BCUT2D eigenvalue weighted by atomic mass is 35.5. The Hall–Kier alpha value is -0.570. The minimum absolute atomic E-state index is 0. The molecule has 1 aromatic rings. The molecule has 0 radical (unpaired) electrons. The van der Waals surface area contributed by atoms with Crippen LogP contribution >= 0.6 is 12.4 Å². The van der Waals surface area contributed by atoms with Gasteiger partial charge in [-0.2, -0.15) is 0 Å². The molecule has 1 atom stereocenters. The number of hydrogen-bond donors (Lipinski definition) is 2. The van der Waals surface area contributed by atoms with E-state index in [0.29, 0.717) is 6.04 Å². The molecule has 1 aliphatic heterocycles. The molecule has 0 amide bonds. The molecular formula is C12H18ClNO. The number of hydrogen-bond acceptors (Lipinski definition) is 2. The molecule has 0 spiro atoms. The first-order chi connectivity index (χ1) is 6.90. The Bertz CT molecular complexity index is 297. The number of aliphatic hydroxyl groups excluding tert-OH is 1. The zero-order valence-corrected chi connectivity index (χ0v) is 9.59. The van der Waals surface area contributed by atoms with E-state index < -0.39 is 0 Å².